The van der Waals surface area contributed by atoms with Gasteiger partial charge in [-0.1, -0.05) is 149 Å². The van der Waals surface area contributed by atoms with Crippen molar-refractivity contribution in [3.8, 4) is 0 Å². The molecule has 0 rings (SSSR count). The van der Waals surface area contributed by atoms with Crippen LogP contribution < -0.4 is 0 Å². The molecule has 0 bridgehead atoms. The maximum atomic E-state index is 12.2. The lowest BCUT2D eigenvalue weighted by Crippen LogP contribution is -2.37. The van der Waals surface area contributed by atoms with Gasteiger partial charge in [-0.25, -0.2) is 0 Å². The SMILES string of the molecule is CCCCCCCCCCCOC(=O)CCCCCN(CCCCCCCC(=O)OCCCC(CCCCC)CCCCC)C(C)CO. The first-order chi connectivity index (χ1) is 23.5. The Bertz CT molecular complexity index is 677. The number of aliphatic hydroxyl groups excluding tert-OH is 1. The van der Waals surface area contributed by atoms with E-state index in [9.17, 15) is 14.7 Å². The molecular formula is C42H83NO5. The van der Waals surface area contributed by atoms with Gasteiger partial charge in [0.05, 0.1) is 19.8 Å². The first kappa shape index (κ1) is 46.9. The zero-order valence-corrected chi connectivity index (χ0v) is 32.7. The maximum absolute atomic E-state index is 12.2. The lowest BCUT2D eigenvalue weighted by Gasteiger charge is -2.27. The third-order valence-electron chi connectivity index (χ3n) is 10.0. The van der Waals surface area contributed by atoms with Crippen molar-refractivity contribution >= 4 is 11.9 Å². The highest BCUT2D eigenvalue weighted by molar-refractivity contribution is 5.69. The summed E-state index contributed by atoms with van der Waals surface area (Å²) >= 11 is 0. The second kappa shape index (κ2) is 37.1. The molecule has 0 heterocycles. The predicted molar refractivity (Wildman–Crippen MR) is 204 cm³/mol. The molecule has 286 valence electrons. The van der Waals surface area contributed by atoms with Gasteiger partial charge in [0.25, 0.3) is 0 Å². The third-order valence-corrected chi connectivity index (χ3v) is 10.0. The van der Waals surface area contributed by atoms with Crippen LogP contribution in [0.4, 0.5) is 0 Å². The Morgan fingerprint density at radius 2 is 0.875 bits per heavy atom. The van der Waals surface area contributed by atoms with Crippen LogP contribution in [0.5, 0.6) is 0 Å². The van der Waals surface area contributed by atoms with E-state index < -0.39 is 0 Å². The van der Waals surface area contributed by atoms with Gasteiger partial charge in [0, 0.05) is 18.9 Å². The second-order valence-electron chi connectivity index (χ2n) is 14.7. The summed E-state index contributed by atoms with van der Waals surface area (Å²) in [7, 11) is 0. The number of esters is 2. The van der Waals surface area contributed by atoms with Crippen LogP contribution in [-0.4, -0.2) is 60.9 Å². The number of rotatable bonds is 38. The van der Waals surface area contributed by atoms with Crippen LogP contribution >= 0.6 is 0 Å². The molecule has 0 aliphatic rings. The lowest BCUT2D eigenvalue weighted by atomic mass is 9.91. The monoisotopic (exact) mass is 682 g/mol. The summed E-state index contributed by atoms with van der Waals surface area (Å²) in [6.07, 6.45) is 33.5. The van der Waals surface area contributed by atoms with Crippen LogP contribution in [-0.2, 0) is 19.1 Å². The van der Waals surface area contributed by atoms with Crippen molar-refractivity contribution in [3.63, 3.8) is 0 Å². The first-order valence-corrected chi connectivity index (χ1v) is 21.1. The molecule has 0 radical (unpaired) electrons. The molecule has 1 atom stereocenters. The molecule has 0 aliphatic heterocycles. The van der Waals surface area contributed by atoms with Crippen molar-refractivity contribution in [1.82, 2.24) is 4.90 Å². The summed E-state index contributed by atoms with van der Waals surface area (Å²) in [5, 5.41) is 9.74. The molecule has 6 nitrogen and oxygen atoms in total. The Morgan fingerprint density at radius 3 is 1.38 bits per heavy atom. The van der Waals surface area contributed by atoms with Crippen LogP contribution in [0.1, 0.15) is 214 Å². The highest BCUT2D eigenvalue weighted by atomic mass is 16.5. The normalized spacial score (nSPS) is 12.2. The molecule has 0 aromatic rings. The third kappa shape index (κ3) is 32.1. The Labute approximate surface area is 299 Å². The van der Waals surface area contributed by atoms with Crippen LogP contribution in [0.2, 0.25) is 0 Å². The number of carbonyl (C=O) groups excluding carboxylic acids is 2. The number of carbonyl (C=O) groups is 2. The predicted octanol–water partition coefficient (Wildman–Crippen LogP) is 11.7. The van der Waals surface area contributed by atoms with Gasteiger partial charge in [-0.05, 0) is 70.9 Å². The minimum absolute atomic E-state index is 0.0291. The van der Waals surface area contributed by atoms with E-state index in [1.165, 1.54) is 103 Å². The van der Waals surface area contributed by atoms with E-state index in [0.29, 0.717) is 26.1 Å². The zero-order valence-electron chi connectivity index (χ0n) is 32.7. The van der Waals surface area contributed by atoms with Crippen molar-refractivity contribution in [2.75, 3.05) is 32.9 Å². The summed E-state index contributed by atoms with van der Waals surface area (Å²) in [5.41, 5.74) is 0. The van der Waals surface area contributed by atoms with E-state index in [4.69, 9.17) is 9.47 Å². The minimum Gasteiger partial charge on any atom is -0.466 e. The fourth-order valence-electron chi connectivity index (χ4n) is 6.64. The summed E-state index contributed by atoms with van der Waals surface area (Å²) in [4.78, 5) is 26.7. The molecule has 1 N–H and O–H groups in total. The van der Waals surface area contributed by atoms with Crippen molar-refractivity contribution < 1.29 is 24.2 Å². The van der Waals surface area contributed by atoms with Crippen molar-refractivity contribution in [2.45, 2.75) is 220 Å². The molecule has 1 unspecified atom stereocenters. The van der Waals surface area contributed by atoms with Crippen LogP contribution in [0.15, 0.2) is 0 Å². The van der Waals surface area contributed by atoms with E-state index in [2.05, 4.69) is 32.6 Å². The van der Waals surface area contributed by atoms with Gasteiger partial charge in [0.2, 0.25) is 0 Å². The van der Waals surface area contributed by atoms with Gasteiger partial charge in [0.15, 0.2) is 0 Å². The number of nitrogens with zero attached hydrogens (tertiary/aromatic N) is 1. The van der Waals surface area contributed by atoms with Gasteiger partial charge in [0.1, 0.15) is 0 Å². The topological polar surface area (TPSA) is 76.1 Å². The van der Waals surface area contributed by atoms with E-state index in [-0.39, 0.29) is 24.6 Å². The van der Waals surface area contributed by atoms with Gasteiger partial charge in [-0.2, -0.15) is 0 Å². The maximum Gasteiger partial charge on any atom is 0.305 e. The zero-order chi connectivity index (χ0) is 35.3. The number of hydrogen-bond acceptors (Lipinski definition) is 6. The lowest BCUT2D eigenvalue weighted by molar-refractivity contribution is -0.144. The van der Waals surface area contributed by atoms with E-state index in [1.807, 2.05) is 0 Å². The van der Waals surface area contributed by atoms with Crippen LogP contribution in [0.3, 0.4) is 0 Å². The Kier molecular flexibility index (Phi) is 36.2. The number of aliphatic hydroxyl groups is 1. The average Bonchev–Trinajstić information content (AvgIpc) is 3.08. The Morgan fingerprint density at radius 1 is 0.500 bits per heavy atom. The summed E-state index contributed by atoms with van der Waals surface area (Å²) < 4.78 is 11.0. The molecule has 0 spiro atoms. The smallest absolute Gasteiger partial charge is 0.305 e. The van der Waals surface area contributed by atoms with Crippen molar-refractivity contribution in [3.05, 3.63) is 0 Å². The molecule has 6 heteroatoms. The van der Waals surface area contributed by atoms with Gasteiger partial charge >= 0.3 is 11.9 Å². The highest BCUT2D eigenvalue weighted by Gasteiger charge is 2.13. The molecule has 0 saturated carbocycles. The number of hydrogen-bond donors (Lipinski definition) is 1. The first-order valence-electron chi connectivity index (χ1n) is 21.1. The van der Waals surface area contributed by atoms with E-state index in [0.717, 1.165) is 89.6 Å². The van der Waals surface area contributed by atoms with Crippen LogP contribution in [0, 0.1) is 5.92 Å². The van der Waals surface area contributed by atoms with E-state index >= 15 is 0 Å². The van der Waals surface area contributed by atoms with Gasteiger partial charge < -0.3 is 14.6 Å². The molecule has 0 amide bonds. The fourth-order valence-corrected chi connectivity index (χ4v) is 6.64. The van der Waals surface area contributed by atoms with Crippen molar-refractivity contribution in [1.29, 1.82) is 0 Å². The molecule has 0 aliphatic carbocycles. The highest BCUT2D eigenvalue weighted by Crippen LogP contribution is 2.22. The molecule has 0 fully saturated rings. The standard InChI is InChI=1S/C42H83NO5/c1-5-8-11-12-13-14-15-19-27-36-47-41(45)33-24-20-26-35-43(39(4)38-44)34-25-18-16-17-23-32-42(46)48-37-28-31-40(29-21-9-6-2)30-22-10-7-3/h39-40,44H,5-38H2,1-4H3. The molecule has 0 aromatic carbocycles. The fraction of sp³-hybridized carbons (Fsp3) is 0.952. The quantitative estimate of drug-likeness (QED) is 0.0516. The average molecular weight is 682 g/mol. The molecule has 0 aromatic heterocycles. The van der Waals surface area contributed by atoms with Gasteiger partial charge in [-0.3, -0.25) is 14.5 Å². The molecule has 0 saturated heterocycles. The Hall–Kier alpha value is -1.14. The van der Waals surface area contributed by atoms with Crippen LogP contribution in [0.25, 0.3) is 0 Å². The molecular weight excluding hydrogens is 598 g/mol. The number of ether oxygens (including phenoxy) is 2. The largest absolute Gasteiger partial charge is 0.466 e. The van der Waals surface area contributed by atoms with E-state index in [1.54, 1.807) is 0 Å². The summed E-state index contributed by atoms with van der Waals surface area (Å²) in [6, 6.07) is 0.157. The molecule has 48 heavy (non-hydrogen) atoms. The van der Waals surface area contributed by atoms with Gasteiger partial charge in [-0.15, -0.1) is 0 Å². The summed E-state index contributed by atoms with van der Waals surface area (Å²) in [6.45, 7) is 12.2. The Balaban J connectivity index is 3.84. The minimum atomic E-state index is -0.0529. The number of unbranched alkanes of at least 4 members (excludes halogenated alkanes) is 18. The van der Waals surface area contributed by atoms with Crippen molar-refractivity contribution in [2.24, 2.45) is 5.92 Å². The second-order valence-corrected chi connectivity index (χ2v) is 14.7. The summed E-state index contributed by atoms with van der Waals surface area (Å²) in [5.74, 6) is 0.717.